The quantitative estimate of drug-likeness (QED) is 0.876. The summed E-state index contributed by atoms with van der Waals surface area (Å²) in [5.41, 5.74) is 10.4. The Morgan fingerprint density at radius 1 is 1.15 bits per heavy atom. The van der Waals surface area contributed by atoms with Gasteiger partial charge in [-0.25, -0.2) is 0 Å². The highest BCUT2D eigenvalue weighted by Gasteiger charge is 2.10. The Hall–Kier alpha value is -2.13. The lowest BCUT2D eigenvalue weighted by Crippen LogP contribution is -2.15. The number of nitrogens with two attached hydrogens (primary N) is 1. The maximum Gasteiger partial charge on any atom is 0.305 e. The largest absolute Gasteiger partial charge is 0.481 e. The lowest BCUT2D eigenvalue weighted by molar-refractivity contribution is -0.137. The second kappa shape index (κ2) is 6.35. The maximum atomic E-state index is 10.7. The third-order valence-corrected chi connectivity index (χ3v) is 3.30. The molecule has 3 N–H and O–H groups in total. The van der Waals surface area contributed by atoms with E-state index in [1.54, 1.807) is 0 Å². The van der Waals surface area contributed by atoms with Crippen LogP contribution in [0, 0.1) is 6.92 Å². The molecule has 2 rings (SSSR count). The summed E-state index contributed by atoms with van der Waals surface area (Å²) in [6, 6.07) is 15.8. The first-order valence-electron chi connectivity index (χ1n) is 6.66. The van der Waals surface area contributed by atoms with E-state index in [2.05, 4.69) is 31.2 Å². The molecule has 20 heavy (non-hydrogen) atoms. The van der Waals surface area contributed by atoms with Crippen molar-refractivity contribution in [2.75, 3.05) is 0 Å². The molecule has 0 amide bonds. The van der Waals surface area contributed by atoms with Crippen LogP contribution in [0.4, 0.5) is 0 Å². The van der Waals surface area contributed by atoms with E-state index in [1.807, 2.05) is 24.3 Å². The molecule has 0 radical (unpaired) electrons. The number of hydrogen-bond acceptors (Lipinski definition) is 2. The number of hydrogen-bond donors (Lipinski definition) is 2. The van der Waals surface area contributed by atoms with Crippen molar-refractivity contribution < 1.29 is 9.90 Å². The van der Waals surface area contributed by atoms with E-state index < -0.39 is 12.0 Å². The van der Waals surface area contributed by atoms with Crippen molar-refractivity contribution >= 4 is 5.97 Å². The van der Waals surface area contributed by atoms with Crippen molar-refractivity contribution in [2.45, 2.75) is 25.8 Å². The van der Waals surface area contributed by atoms with Crippen LogP contribution >= 0.6 is 0 Å². The lowest BCUT2D eigenvalue weighted by atomic mass is 9.98. The summed E-state index contributed by atoms with van der Waals surface area (Å²) in [5, 5.41) is 8.80. The first-order valence-corrected chi connectivity index (χ1v) is 6.66. The summed E-state index contributed by atoms with van der Waals surface area (Å²) in [7, 11) is 0. The number of carboxylic acids is 1. The topological polar surface area (TPSA) is 63.3 Å². The Morgan fingerprint density at radius 2 is 1.85 bits per heavy atom. The fraction of sp³-hybridized carbons (Fsp3) is 0.235. The Balaban J connectivity index is 2.13. The highest BCUT2D eigenvalue weighted by molar-refractivity contribution is 5.67. The van der Waals surface area contributed by atoms with Crippen LogP contribution in [0.25, 0.3) is 0 Å². The van der Waals surface area contributed by atoms with Crippen molar-refractivity contribution in [1.82, 2.24) is 0 Å². The molecule has 1 unspecified atom stereocenters. The molecule has 2 aromatic rings. The summed E-state index contributed by atoms with van der Waals surface area (Å²) in [6.07, 6.45) is 0.780. The van der Waals surface area contributed by atoms with Gasteiger partial charge in [0, 0.05) is 6.04 Å². The highest BCUT2D eigenvalue weighted by atomic mass is 16.4. The number of benzene rings is 2. The third-order valence-electron chi connectivity index (χ3n) is 3.30. The van der Waals surface area contributed by atoms with Gasteiger partial charge in [0.1, 0.15) is 0 Å². The van der Waals surface area contributed by atoms with Gasteiger partial charge in [-0.1, -0.05) is 54.1 Å². The summed E-state index contributed by atoms with van der Waals surface area (Å²) >= 11 is 0. The zero-order chi connectivity index (χ0) is 14.5. The minimum Gasteiger partial charge on any atom is -0.481 e. The standard InChI is InChI=1S/C17H19NO2/c1-12-5-7-13(8-6-12)9-14-3-2-4-15(10-14)16(18)11-17(19)20/h2-8,10,16H,9,11,18H2,1H3,(H,19,20). The lowest BCUT2D eigenvalue weighted by Gasteiger charge is -2.11. The second-order valence-electron chi connectivity index (χ2n) is 5.11. The van der Waals surface area contributed by atoms with Crippen molar-refractivity contribution in [2.24, 2.45) is 5.73 Å². The van der Waals surface area contributed by atoms with Crippen LogP contribution in [-0.4, -0.2) is 11.1 Å². The molecule has 0 aliphatic heterocycles. The number of aryl methyl sites for hydroxylation is 1. The van der Waals surface area contributed by atoms with Crippen molar-refractivity contribution in [3.05, 3.63) is 70.8 Å². The van der Waals surface area contributed by atoms with Crippen LogP contribution < -0.4 is 5.73 Å². The smallest absolute Gasteiger partial charge is 0.305 e. The van der Waals surface area contributed by atoms with Gasteiger partial charge in [0.05, 0.1) is 6.42 Å². The van der Waals surface area contributed by atoms with Crippen LogP contribution in [0.3, 0.4) is 0 Å². The van der Waals surface area contributed by atoms with E-state index in [0.29, 0.717) is 0 Å². The summed E-state index contributed by atoms with van der Waals surface area (Å²) < 4.78 is 0. The summed E-state index contributed by atoms with van der Waals surface area (Å²) in [4.78, 5) is 10.7. The molecule has 0 aliphatic carbocycles. The SMILES string of the molecule is Cc1ccc(Cc2cccc(C(N)CC(=O)O)c2)cc1. The van der Waals surface area contributed by atoms with Crippen molar-refractivity contribution in [3.63, 3.8) is 0 Å². The van der Waals surface area contributed by atoms with E-state index in [0.717, 1.165) is 17.5 Å². The normalized spacial score (nSPS) is 12.1. The molecule has 0 saturated carbocycles. The van der Waals surface area contributed by atoms with Gasteiger partial charge in [0.25, 0.3) is 0 Å². The van der Waals surface area contributed by atoms with Crippen LogP contribution in [0.15, 0.2) is 48.5 Å². The molecule has 104 valence electrons. The average molecular weight is 269 g/mol. The predicted molar refractivity (Wildman–Crippen MR) is 79.6 cm³/mol. The van der Waals surface area contributed by atoms with Gasteiger partial charge >= 0.3 is 5.97 Å². The van der Waals surface area contributed by atoms with Gasteiger partial charge in [-0.15, -0.1) is 0 Å². The van der Waals surface area contributed by atoms with Gasteiger partial charge in [0.15, 0.2) is 0 Å². The monoisotopic (exact) mass is 269 g/mol. The fourth-order valence-corrected chi connectivity index (χ4v) is 2.18. The Bertz CT molecular complexity index is 590. The van der Waals surface area contributed by atoms with E-state index in [9.17, 15) is 4.79 Å². The zero-order valence-corrected chi connectivity index (χ0v) is 11.5. The van der Waals surface area contributed by atoms with Gasteiger partial charge in [-0.05, 0) is 30.0 Å². The fourth-order valence-electron chi connectivity index (χ4n) is 2.18. The molecule has 3 nitrogen and oxygen atoms in total. The van der Waals surface area contributed by atoms with Crippen molar-refractivity contribution in [1.29, 1.82) is 0 Å². The first kappa shape index (κ1) is 14.3. The van der Waals surface area contributed by atoms with Crippen molar-refractivity contribution in [3.8, 4) is 0 Å². The molecule has 0 saturated heterocycles. The molecule has 0 bridgehead atoms. The van der Waals surface area contributed by atoms with Gasteiger partial charge in [-0.3, -0.25) is 4.79 Å². The summed E-state index contributed by atoms with van der Waals surface area (Å²) in [6.45, 7) is 2.06. The molecular formula is C17H19NO2. The molecule has 0 spiro atoms. The maximum absolute atomic E-state index is 10.7. The number of rotatable bonds is 5. The van der Waals surface area contributed by atoms with Gasteiger partial charge in [-0.2, -0.15) is 0 Å². The van der Waals surface area contributed by atoms with Crippen LogP contribution in [-0.2, 0) is 11.2 Å². The zero-order valence-electron chi connectivity index (χ0n) is 11.5. The molecular weight excluding hydrogens is 250 g/mol. The molecule has 0 aromatic heterocycles. The van der Waals surface area contributed by atoms with E-state index in [4.69, 9.17) is 10.8 Å². The molecule has 3 heteroatoms. The molecule has 0 fully saturated rings. The first-order chi connectivity index (χ1) is 9.54. The van der Waals surface area contributed by atoms with Gasteiger partial charge in [0.2, 0.25) is 0 Å². The Labute approximate surface area is 119 Å². The average Bonchev–Trinajstić information content (AvgIpc) is 2.41. The molecule has 1 atom stereocenters. The van der Waals surface area contributed by atoms with Crippen LogP contribution in [0.2, 0.25) is 0 Å². The second-order valence-corrected chi connectivity index (χ2v) is 5.11. The number of carboxylic acid groups (broad SMARTS) is 1. The molecule has 0 heterocycles. The Kier molecular flexibility index (Phi) is 4.53. The van der Waals surface area contributed by atoms with E-state index in [1.165, 1.54) is 11.1 Å². The molecule has 0 aliphatic rings. The Morgan fingerprint density at radius 3 is 2.50 bits per heavy atom. The predicted octanol–water partition coefficient (Wildman–Crippen LogP) is 3.06. The number of aliphatic carboxylic acids is 1. The number of carbonyl (C=O) groups is 1. The van der Waals surface area contributed by atoms with E-state index >= 15 is 0 Å². The molecule has 2 aromatic carbocycles. The minimum absolute atomic E-state index is 0.0476. The van der Waals surface area contributed by atoms with Crippen LogP contribution in [0.1, 0.15) is 34.7 Å². The van der Waals surface area contributed by atoms with Crippen LogP contribution in [0.5, 0.6) is 0 Å². The van der Waals surface area contributed by atoms with E-state index in [-0.39, 0.29) is 6.42 Å². The third kappa shape index (κ3) is 3.93. The minimum atomic E-state index is -0.874. The highest BCUT2D eigenvalue weighted by Crippen LogP contribution is 2.18. The van der Waals surface area contributed by atoms with Gasteiger partial charge < -0.3 is 10.8 Å². The summed E-state index contributed by atoms with van der Waals surface area (Å²) in [5.74, 6) is -0.874.